The smallest absolute Gasteiger partial charge is 0.315 e. The van der Waals surface area contributed by atoms with Crippen LogP contribution in [0.15, 0.2) is 18.2 Å². The number of hydrogen-bond donors (Lipinski definition) is 3. The zero-order valence-electron chi connectivity index (χ0n) is 11.0. The van der Waals surface area contributed by atoms with Gasteiger partial charge in [0.1, 0.15) is 5.75 Å². The van der Waals surface area contributed by atoms with Gasteiger partial charge in [-0.15, -0.1) is 0 Å². The summed E-state index contributed by atoms with van der Waals surface area (Å²) in [5, 5.41) is 5.56. The molecule has 0 aliphatic carbocycles. The van der Waals surface area contributed by atoms with Gasteiger partial charge in [0.15, 0.2) is 0 Å². The molecule has 0 radical (unpaired) electrons. The van der Waals surface area contributed by atoms with Crippen LogP contribution in [0.4, 0.5) is 10.5 Å². The number of nitrogen functional groups attached to an aromatic ring is 1. The first kappa shape index (κ1) is 14.2. The lowest BCUT2D eigenvalue weighted by Gasteiger charge is -2.11. The molecule has 1 aromatic carbocycles. The highest BCUT2D eigenvalue weighted by atomic mass is 16.5. The molecule has 5 nitrogen and oxygen atoms in total. The largest absolute Gasteiger partial charge is 0.496 e. The Balaban J connectivity index is 2.47. The van der Waals surface area contributed by atoms with Crippen molar-refractivity contribution in [1.82, 2.24) is 10.6 Å². The summed E-state index contributed by atoms with van der Waals surface area (Å²) in [5.41, 5.74) is 7.22. The molecular weight excluding hydrogens is 230 g/mol. The van der Waals surface area contributed by atoms with Crippen LogP contribution in [0, 0.1) is 0 Å². The van der Waals surface area contributed by atoms with E-state index >= 15 is 0 Å². The fourth-order valence-corrected chi connectivity index (χ4v) is 1.55. The van der Waals surface area contributed by atoms with Gasteiger partial charge in [-0.1, -0.05) is 13.3 Å². The Morgan fingerprint density at radius 3 is 2.83 bits per heavy atom. The monoisotopic (exact) mass is 251 g/mol. The molecule has 0 fully saturated rings. The second kappa shape index (κ2) is 7.42. The Morgan fingerprint density at radius 1 is 1.39 bits per heavy atom. The summed E-state index contributed by atoms with van der Waals surface area (Å²) in [4.78, 5) is 11.5. The zero-order valence-corrected chi connectivity index (χ0v) is 11.0. The first-order chi connectivity index (χ1) is 8.67. The van der Waals surface area contributed by atoms with E-state index in [4.69, 9.17) is 10.5 Å². The Labute approximate surface area is 108 Å². The Morgan fingerprint density at radius 2 is 2.17 bits per heavy atom. The third-order valence-corrected chi connectivity index (χ3v) is 2.56. The normalized spacial score (nSPS) is 9.89. The maximum atomic E-state index is 11.5. The van der Waals surface area contributed by atoms with Crippen molar-refractivity contribution in [2.45, 2.75) is 26.3 Å². The molecule has 1 rings (SSSR count). The number of nitrogens with two attached hydrogens (primary N) is 1. The molecule has 0 heterocycles. The lowest BCUT2D eigenvalue weighted by Crippen LogP contribution is -2.35. The molecule has 1 aromatic rings. The molecule has 0 aliphatic rings. The van der Waals surface area contributed by atoms with E-state index in [1.165, 1.54) is 0 Å². The van der Waals surface area contributed by atoms with Gasteiger partial charge in [0.25, 0.3) is 0 Å². The van der Waals surface area contributed by atoms with Crippen LogP contribution in [-0.2, 0) is 6.54 Å². The second-order valence-electron chi connectivity index (χ2n) is 4.03. The summed E-state index contributed by atoms with van der Waals surface area (Å²) >= 11 is 0. The van der Waals surface area contributed by atoms with Crippen LogP contribution < -0.4 is 21.1 Å². The van der Waals surface area contributed by atoms with E-state index in [9.17, 15) is 4.79 Å². The third-order valence-electron chi connectivity index (χ3n) is 2.56. The van der Waals surface area contributed by atoms with Crippen LogP contribution in [0.5, 0.6) is 5.75 Å². The van der Waals surface area contributed by atoms with E-state index < -0.39 is 0 Å². The Kier molecular flexibility index (Phi) is 5.84. The number of hydrogen-bond acceptors (Lipinski definition) is 3. The van der Waals surface area contributed by atoms with Crippen molar-refractivity contribution in [3.05, 3.63) is 23.8 Å². The number of benzene rings is 1. The maximum absolute atomic E-state index is 11.5. The first-order valence-electron chi connectivity index (χ1n) is 6.11. The number of carbonyl (C=O) groups excluding carboxylic acids is 1. The van der Waals surface area contributed by atoms with Crippen LogP contribution in [0.3, 0.4) is 0 Å². The van der Waals surface area contributed by atoms with Crippen molar-refractivity contribution < 1.29 is 9.53 Å². The van der Waals surface area contributed by atoms with Crippen LogP contribution in [-0.4, -0.2) is 19.7 Å². The minimum atomic E-state index is -0.173. The van der Waals surface area contributed by atoms with E-state index in [2.05, 4.69) is 17.6 Å². The molecule has 0 aliphatic heterocycles. The molecule has 0 atom stereocenters. The molecule has 0 bridgehead atoms. The quantitative estimate of drug-likeness (QED) is 0.533. The molecule has 5 heteroatoms. The van der Waals surface area contributed by atoms with Crippen molar-refractivity contribution >= 4 is 11.7 Å². The van der Waals surface area contributed by atoms with Gasteiger partial charge in [-0.25, -0.2) is 4.79 Å². The molecule has 18 heavy (non-hydrogen) atoms. The molecular formula is C13H21N3O2. The van der Waals surface area contributed by atoms with Gasteiger partial charge in [0, 0.05) is 24.3 Å². The minimum absolute atomic E-state index is 0.173. The highest BCUT2D eigenvalue weighted by Gasteiger charge is 2.05. The van der Waals surface area contributed by atoms with Crippen molar-refractivity contribution in [3.63, 3.8) is 0 Å². The lowest BCUT2D eigenvalue weighted by molar-refractivity contribution is 0.240. The number of amides is 2. The molecule has 0 spiro atoms. The minimum Gasteiger partial charge on any atom is -0.496 e. The van der Waals surface area contributed by atoms with E-state index in [-0.39, 0.29) is 6.03 Å². The SMILES string of the molecule is CCCCNC(=O)NCc1cc(N)ccc1OC. The third kappa shape index (κ3) is 4.53. The summed E-state index contributed by atoms with van der Waals surface area (Å²) in [6.07, 6.45) is 2.04. The Hall–Kier alpha value is -1.91. The number of methoxy groups -OCH3 is 1. The fourth-order valence-electron chi connectivity index (χ4n) is 1.55. The van der Waals surface area contributed by atoms with Gasteiger partial charge in [-0.05, 0) is 24.6 Å². The number of urea groups is 1. The molecule has 2 amide bonds. The predicted molar refractivity (Wildman–Crippen MR) is 72.6 cm³/mol. The first-order valence-corrected chi connectivity index (χ1v) is 6.11. The highest BCUT2D eigenvalue weighted by Crippen LogP contribution is 2.20. The highest BCUT2D eigenvalue weighted by molar-refractivity contribution is 5.73. The topological polar surface area (TPSA) is 76.4 Å². The zero-order chi connectivity index (χ0) is 13.4. The molecule has 4 N–H and O–H groups in total. The molecule has 100 valence electrons. The van der Waals surface area contributed by atoms with Crippen LogP contribution in [0.25, 0.3) is 0 Å². The van der Waals surface area contributed by atoms with Crippen molar-refractivity contribution in [3.8, 4) is 5.75 Å². The Bertz CT molecular complexity index is 394. The summed E-state index contributed by atoms with van der Waals surface area (Å²) in [5.74, 6) is 0.720. The predicted octanol–water partition coefficient (Wildman–Crippen LogP) is 1.88. The maximum Gasteiger partial charge on any atom is 0.315 e. The van der Waals surface area contributed by atoms with Crippen molar-refractivity contribution in [2.24, 2.45) is 0 Å². The number of rotatable bonds is 6. The molecule has 0 aromatic heterocycles. The van der Waals surface area contributed by atoms with Gasteiger partial charge < -0.3 is 21.1 Å². The summed E-state index contributed by atoms with van der Waals surface area (Å²) in [6.45, 7) is 3.17. The molecule has 0 saturated carbocycles. The number of unbranched alkanes of at least 4 members (excludes halogenated alkanes) is 1. The second-order valence-corrected chi connectivity index (χ2v) is 4.03. The van der Waals surface area contributed by atoms with E-state index in [0.717, 1.165) is 24.2 Å². The number of nitrogens with one attached hydrogen (secondary N) is 2. The standard InChI is InChI=1S/C13H21N3O2/c1-3-4-7-15-13(17)16-9-10-8-11(14)5-6-12(10)18-2/h5-6,8H,3-4,7,9,14H2,1-2H3,(H2,15,16,17). The van der Waals surface area contributed by atoms with Gasteiger partial charge in [0.05, 0.1) is 7.11 Å². The van der Waals surface area contributed by atoms with Crippen molar-refractivity contribution in [2.75, 3.05) is 19.4 Å². The van der Waals surface area contributed by atoms with Crippen LogP contribution >= 0.6 is 0 Å². The average Bonchev–Trinajstić information content (AvgIpc) is 2.37. The average molecular weight is 251 g/mol. The number of anilines is 1. The molecule has 0 unspecified atom stereocenters. The molecule has 0 saturated heterocycles. The van der Waals surface area contributed by atoms with Gasteiger partial charge in [-0.2, -0.15) is 0 Å². The van der Waals surface area contributed by atoms with Gasteiger partial charge >= 0.3 is 6.03 Å². The summed E-state index contributed by atoms with van der Waals surface area (Å²) < 4.78 is 5.20. The fraction of sp³-hybridized carbons (Fsp3) is 0.462. The van der Waals surface area contributed by atoms with Gasteiger partial charge in [0.2, 0.25) is 0 Å². The number of ether oxygens (including phenoxy) is 1. The summed E-state index contributed by atoms with van der Waals surface area (Å²) in [7, 11) is 1.59. The van der Waals surface area contributed by atoms with Crippen LogP contribution in [0.2, 0.25) is 0 Å². The number of carbonyl (C=O) groups is 1. The lowest BCUT2D eigenvalue weighted by atomic mass is 10.2. The van der Waals surface area contributed by atoms with Gasteiger partial charge in [-0.3, -0.25) is 0 Å². The summed E-state index contributed by atoms with van der Waals surface area (Å²) in [6, 6.07) is 5.18. The van der Waals surface area contributed by atoms with Crippen molar-refractivity contribution in [1.29, 1.82) is 0 Å². The van der Waals surface area contributed by atoms with E-state index in [1.54, 1.807) is 25.3 Å². The van der Waals surface area contributed by atoms with E-state index in [1.807, 2.05) is 0 Å². The van der Waals surface area contributed by atoms with Crippen LogP contribution in [0.1, 0.15) is 25.3 Å². The van der Waals surface area contributed by atoms with E-state index in [0.29, 0.717) is 18.8 Å².